The van der Waals surface area contributed by atoms with Gasteiger partial charge in [-0.25, -0.2) is 0 Å². The van der Waals surface area contributed by atoms with Gasteiger partial charge >= 0.3 is 0 Å². The summed E-state index contributed by atoms with van der Waals surface area (Å²) in [4.78, 5) is 0. The van der Waals surface area contributed by atoms with E-state index in [0.717, 1.165) is 22.3 Å². The molecular weight excluding hydrogens is 364 g/mol. The van der Waals surface area contributed by atoms with E-state index in [2.05, 4.69) is 0 Å². The minimum Gasteiger partial charge on any atom is -0.508 e. The summed E-state index contributed by atoms with van der Waals surface area (Å²) in [5, 5.41) is 30.9. The van der Waals surface area contributed by atoms with Gasteiger partial charge in [-0.1, -0.05) is 29.8 Å². The first-order valence-electron chi connectivity index (χ1n) is 9.91. The first-order chi connectivity index (χ1) is 14.2. The molecule has 29 heavy (non-hydrogen) atoms. The summed E-state index contributed by atoms with van der Waals surface area (Å²) in [5.41, 5.74) is 5.40. The molecule has 3 aromatic carbocycles. The Hall–Kier alpha value is -3.40. The normalized spacial score (nSPS) is 11.1. The van der Waals surface area contributed by atoms with Crippen molar-refractivity contribution in [1.29, 1.82) is 0 Å². The number of allylic oxidation sites excluding steroid dienone is 1. The van der Waals surface area contributed by atoms with Crippen molar-refractivity contribution in [3.05, 3.63) is 71.3 Å². The Morgan fingerprint density at radius 1 is 1.00 bits per heavy atom. The lowest BCUT2D eigenvalue weighted by molar-refractivity contribution is 0.335. The van der Waals surface area contributed by atoms with Gasteiger partial charge in [0.05, 0.1) is 1.37 Å². The first-order valence-corrected chi connectivity index (χ1v) is 9.41. The maximum Gasteiger partial charge on any atom is 0.161 e. The summed E-state index contributed by atoms with van der Waals surface area (Å²) in [7, 11) is 0. The number of phenolic OH excluding ortho intramolecular Hbond substituents is 3. The molecule has 4 heteroatoms. The van der Waals surface area contributed by atoms with Gasteiger partial charge in [0.25, 0.3) is 0 Å². The second kappa shape index (κ2) is 8.31. The van der Waals surface area contributed by atoms with E-state index in [0.29, 0.717) is 16.7 Å². The van der Waals surface area contributed by atoms with Crippen LogP contribution < -0.4 is 4.74 Å². The molecule has 0 fully saturated rings. The van der Waals surface area contributed by atoms with Crippen LogP contribution in [0.5, 0.6) is 23.0 Å². The minimum absolute atomic E-state index is 0.0474. The highest BCUT2D eigenvalue weighted by Crippen LogP contribution is 2.42. The molecule has 0 aliphatic rings. The third kappa shape index (κ3) is 4.37. The maximum absolute atomic E-state index is 11.0. The average molecular weight is 392 g/mol. The molecule has 0 heterocycles. The van der Waals surface area contributed by atoms with E-state index >= 15 is 0 Å². The van der Waals surface area contributed by atoms with Gasteiger partial charge in [0.15, 0.2) is 11.5 Å². The Balaban J connectivity index is 2.05. The summed E-state index contributed by atoms with van der Waals surface area (Å²) in [5.74, 6) is 0.249. The van der Waals surface area contributed by atoms with Crippen LogP contribution in [-0.2, 0) is 0 Å². The maximum atomic E-state index is 11.0. The summed E-state index contributed by atoms with van der Waals surface area (Å²) in [6.07, 6.45) is 1.87. The van der Waals surface area contributed by atoms with E-state index in [4.69, 9.17) is 6.11 Å². The molecule has 0 amide bonds. The van der Waals surface area contributed by atoms with Gasteiger partial charge in [0.1, 0.15) is 18.1 Å². The molecule has 0 saturated heterocycles. The SMILES string of the molecule is [3H]c1cc(-c2c(C)cc(-c3ccc(O)cc3)c(C)c2O)cc(O)c1OCC=C(C)C. The largest absolute Gasteiger partial charge is 0.508 e. The number of aryl methyl sites for hydroxylation is 1. The van der Waals surface area contributed by atoms with Crippen LogP contribution in [0.3, 0.4) is 0 Å². The monoisotopic (exact) mass is 392 g/mol. The van der Waals surface area contributed by atoms with Crippen molar-refractivity contribution in [2.45, 2.75) is 27.7 Å². The Kier molecular flexibility index (Phi) is 5.43. The summed E-state index contributed by atoms with van der Waals surface area (Å²) >= 11 is 0. The van der Waals surface area contributed by atoms with E-state index < -0.39 is 0 Å². The number of rotatable bonds is 5. The van der Waals surface area contributed by atoms with Crippen LogP contribution in [-0.4, -0.2) is 21.9 Å². The van der Waals surface area contributed by atoms with Crippen molar-refractivity contribution in [1.82, 2.24) is 0 Å². The molecule has 0 aromatic heterocycles. The highest BCUT2D eigenvalue weighted by atomic mass is 16.5. The number of benzene rings is 3. The summed E-state index contributed by atoms with van der Waals surface area (Å²) in [6, 6.07) is 11.9. The lowest BCUT2D eigenvalue weighted by atomic mass is 9.90. The van der Waals surface area contributed by atoms with Gasteiger partial charge in [-0.3, -0.25) is 0 Å². The van der Waals surface area contributed by atoms with Crippen molar-refractivity contribution in [3.8, 4) is 45.3 Å². The fourth-order valence-electron chi connectivity index (χ4n) is 3.23. The number of phenols is 3. The van der Waals surface area contributed by atoms with Crippen molar-refractivity contribution in [2.75, 3.05) is 6.61 Å². The quantitative estimate of drug-likeness (QED) is 0.459. The molecule has 0 aliphatic carbocycles. The van der Waals surface area contributed by atoms with E-state index in [1.165, 1.54) is 6.07 Å². The predicted octanol–water partition coefficient (Wildman–Crippen LogP) is 6.10. The average Bonchev–Trinajstić information content (AvgIpc) is 2.67. The number of aromatic hydroxyl groups is 3. The van der Waals surface area contributed by atoms with Crippen LogP contribution in [0.1, 0.15) is 26.3 Å². The topological polar surface area (TPSA) is 69.9 Å². The molecule has 3 aromatic rings. The fourth-order valence-corrected chi connectivity index (χ4v) is 3.23. The molecule has 150 valence electrons. The zero-order chi connectivity index (χ0) is 22.0. The zero-order valence-electron chi connectivity index (χ0n) is 18.1. The Bertz CT molecular complexity index is 1090. The molecule has 3 rings (SSSR count). The zero-order valence-corrected chi connectivity index (χ0v) is 17.1. The van der Waals surface area contributed by atoms with Crippen LogP contribution in [0, 0.1) is 13.8 Å². The molecule has 0 spiro atoms. The number of hydrogen-bond acceptors (Lipinski definition) is 4. The second-order valence-electron chi connectivity index (χ2n) is 7.33. The standard InChI is InChI=1S/C25H26O4/c1-15(2)11-12-29-23-10-7-19(14-22(23)27)24-16(3)13-21(17(4)25(24)28)18-5-8-20(26)9-6-18/h5-11,13-14,26-28H,12H2,1-4H3/i10T. The lowest BCUT2D eigenvalue weighted by Gasteiger charge is -2.17. The summed E-state index contributed by atoms with van der Waals surface area (Å²) < 4.78 is 13.8. The Morgan fingerprint density at radius 3 is 2.31 bits per heavy atom. The molecule has 0 atom stereocenters. The van der Waals surface area contributed by atoms with E-state index in [9.17, 15) is 15.3 Å². The fraction of sp³-hybridized carbons (Fsp3) is 0.200. The Labute approximate surface area is 172 Å². The van der Waals surface area contributed by atoms with Crippen molar-refractivity contribution in [2.24, 2.45) is 0 Å². The molecule has 0 radical (unpaired) electrons. The van der Waals surface area contributed by atoms with Crippen LogP contribution in [0.2, 0.25) is 0 Å². The molecule has 0 saturated carbocycles. The third-order valence-electron chi connectivity index (χ3n) is 4.82. The van der Waals surface area contributed by atoms with Crippen LogP contribution >= 0.6 is 0 Å². The highest BCUT2D eigenvalue weighted by molar-refractivity contribution is 5.83. The van der Waals surface area contributed by atoms with E-state index in [-0.39, 0.29) is 35.6 Å². The van der Waals surface area contributed by atoms with Crippen molar-refractivity contribution >= 4 is 0 Å². The van der Waals surface area contributed by atoms with Crippen LogP contribution in [0.4, 0.5) is 0 Å². The number of ether oxygens (including phenoxy) is 1. The van der Waals surface area contributed by atoms with Gasteiger partial charge in [0.2, 0.25) is 0 Å². The van der Waals surface area contributed by atoms with Crippen molar-refractivity contribution in [3.63, 3.8) is 0 Å². The van der Waals surface area contributed by atoms with Crippen molar-refractivity contribution < 1.29 is 21.4 Å². The van der Waals surface area contributed by atoms with Crippen LogP contribution in [0.25, 0.3) is 22.3 Å². The van der Waals surface area contributed by atoms with Gasteiger partial charge in [0, 0.05) is 5.56 Å². The minimum atomic E-state index is -0.140. The predicted molar refractivity (Wildman–Crippen MR) is 117 cm³/mol. The lowest BCUT2D eigenvalue weighted by Crippen LogP contribution is -1.95. The first kappa shape index (κ1) is 18.9. The van der Waals surface area contributed by atoms with Gasteiger partial charge in [-0.05, 0) is 85.8 Å². The number of hydrogen-bond donors (Lipinski definition) is 3. The van der Waals surface area contributed by atoms with Gasteiger partial charge in [-0.2, -0.15) is 0 Å². The van der Waals surface area contributed by atoms with Crippen LogP contribution in [0.15, 0.2) is 60.2 Å². The molecule has 0 bridgehead atoms. The Morgan fingerprint density at radius 2 is 1.69 bits per heavy atom. The van der Waals surface area contributed by atoms with Gasteiger partial charge < -0.3 is 20.1 Å². The highest BCUT2D eigenvalue weighted by Gasteiger charge is 2.17. The molecule has 3 N–H and O–H groups in total. The molecule has 0 unspecified atom stereocenters. The van der Waals surface area contributed by atoms with E-state index in [1.807, 2.05) is 39.8 Å². The second-order valence-corrected chi connectivity index (χ2v) is 7.33. The van der Waals surface area contributed by atoms with E-state index in [1.54, 1.807) is 30.3 Å². The third-order valence-corrected chi connectivity index (χ3v) is 4.82. The van der Waals surface area contributed by atoms with Gasteiger partial charge in [-0.15, -0.1) is 0 Å². The molecular formula is C25H26O4. The molecule has 4 nitrogen and oxygen atoms in total. The summed E-state index contributed by atoms with van der Waals surface area (Å²) in [6.45, 7) is 7.86. The molecule has 0 aliphatic heterocycles. The smallest absolute Gasteiger partial charge is 0.161 e.